The summed E-state index contributed by atoms with van der Waals surface area (Å²) in [6.07, 6.45) is 0. The molecule has 0 radical (unpaired) electrons. The van der Waals surface area contributed by atoms with Gasteiger partial charge in [-0.25, -0.2) is 15.0 Å². The fourth-order valence-electron chi connectivity index (χ4n) is 11.5. The number of fused-ring (bicyclic) bond motifs is 16. The van der Waals surface area contributed by atoms with E-state index >= 15 is 0 Å². The van der Waals surface area contributed by atoms with E-state index < -0.39 is 5.41 Å². The van der Waals surface area contributed by atoms with Crippen LogP contribution in [0.15, 0.2) is 237 Å². The lowest BCUT2D eigenvalue weighted by molar-refractivity contribution is 0.794. The number of aromatic nitrogens is 3. The molecule has 1 spiro atoms. The fourth-order valence-corrected chi connectivity index (χ4v) is 11.5. The molecule has 0 aliphatic heterocycles. The predicted molar refractivity (Wildman–Crippen MR) is 276 cm³/mol. The van der Waals surface area contributed by atoms with E-state index in [-0.39, 0.29) is 0 Å². The third-order valence-electron chi connectivity index (χ3n) is 14.3. The second-order valence-corrected chi connectivity index (χ2v) is 17.8. The van der Waals surface area contributed by atoms with E-state index in [0.29, 0.717) is 17.5 Å². The molecule has 0 bridgehead atoms. The summed E-state index contributed by atoms with van der Waals surface area (Å²) in [6.45, 7) is 0. The Balaban J connectivity index is 0.981. The number of benzene rings is 11. The highest BCUT2D eigenvalue weighted by Gasteiger charge is 2.51. The standard InChI is InChI=1S/C64H39N3/c1-3-17-40(18-4-1)42-21-15-22-45(37-42)62-65-61(41-19-5-2-6-20-41)66-63(67-62)54-29-16-28-52-46-23-7-8-24-47(46)55-38-43(34-36-53(55)60(52)54)44-33-35-51-50-27-11-14-32-58(50)64(59(51)39-44)56-30-12-9-25-48(56)49-26-10-13-31-57(49)64/h1-39H. The van der Waals surface area contributed by atoms with E-state index in [0.717, 1.165) is 38.6 Å². The van der Waals surface area contributed by atoms with Crippen LogP contribution in [0.4, 0.5) is 0 Å². The summed E-state index contributed by atoms with van der Waals surface area (Å²) in [4.78, 5) is 15.7. The van der Waals surface area contributed by atoms with Gasteiger partial charge in [-0.2, -0.15) is 0 Å². The first-order valence-electron chi connectivity index (χ1n) is 23.0. The predicted octanol–water partition coefficient (Wildman–Crippen LogP) is 16.0. The molecule has 0 saturated heterocycles. The average Bonchev–Trinajstić information content (AvgIpc) is 3.88. The molecule has 0 amide bonds. The Labute approximate surface area is 388 Å². The SMILES string of the molecule is c1ccc(-c2cccc(-c3nc(-c4ccccc4)nc(-c4cccc5c6ccccc6c6cc(-c7ccc8c(c7)C7(c9ccccc9-c9ccccc97)c7ccccc7-8)ccc6c45)n3)c2)cc1. The summed E-state index contributed by atoms with van der Waals surface area (Å²) in [5, 5.41) is 7.05. The van der Waals surface area contributed by atoms with Gasteiger partial charge in [-0.1, -0.05) is 218 Å². The lowest BCUT2D eigenvalue weighted by Crippen LogP contribution is -2.25. The Bertz CT molecular complexity index is 3920. The zero-order valence-electron chi connectivity index (χ0n) is 36.4. The first-order chi connectivity index (χ1) is 33.2. The van der Waals surface area contributed by atoms with Crippen LogP contribution in [0.5, 0.6) is 0 Å². The van der Waals surface area contributed by atoms with Crippen LogP contribution in [-0.4, -0.2) is 15.0 Å². The summed E-state index contributed by atoms with van der Waals surface area (Å²) < 4.78 is 0. The molecule has 310 valence electrons. The first-order valence-corrected chi connectivity index (χ1v) is 23.0. The number of hydrogen-bond donors (Lipinski definition) is 0. The second kappa shape index (κ2) is 14.6. The summed E-state index contributed by atoms with van der Waals surface area (Å²) in [7, 11) is 0. The molecular formula is C64H39N3. The van der Waals surface area contributed by atoms with Gasteiger partial charge in [0.1, 0.15) is 0 Å². The molecule has 0 atom stereocenters. The normalized spacial score (nSPS) is 12.9. The molecule has 0 unspecified atom stereocenters. The molecule has 0 saturated carbocycles. The van der Waals surface area contributed by atoms with Crippen LogP contribution >= 0.6 is 0 Å². The monoisotopic (exact) mass is 849 g/mol. The van der Waals surface area contributed by atoms with Crippen LogP contribution in [0, 0.1) is 0 Å². The van der Waals surface area contributed by atoms with Crippen LogP contribution in [0.2, 0.25) is 0 Å². The van der Waals surface area contributed by atoms with Crippen LogP contribution < -0.4 is 0 Å². The molecule has 2 aliphatic rings. The van der Waals surface area contributed by atoms with E-state index in [1.165, 1.54) is 77.2 Å². The summed E-state index contributed by atoms with van der Waals surface area (Å²) in [5.74, 6) is 1.91. The zero-order chi connectivity index (χ0) is 44.1. The highest BCUT2D eigenvalue weighted by Crippen LogP contribution is 2.63. The molecular weight excluding hydrogens is 811 g/mol. The highest BCUT2D eigenvalue weighted by atomic mass is 15.0. The Hall–Kier alpha value is -8.79. The fraction of sp³-hybridized carbons (Fsp3) is 0.0156. The van der Waals surface area contributed by atoms with Crippen LogP contribution in [0.25, 0.3) is 111 Å². The van der Waals surface area contributed by atoms with Gasteiger partial charge in [0.05, 0.1) is 5.41 Å². The number of rotatable bonds is 5. The van der Waals surface area contributed by atoms with E-state index in [1.54, 1.807) is 0 Å². The molecule has 1 aromatic heterocycles. The Morgan fingerprint density at radius 1 is 0.224 bits per heavy atom. The molecule has 2 aliphatic carbocycles. The smallest absolute Gasteiger partial charge is 0.164 e. The van der Waals surface area contributed by atoms with Gasteiger partial charge in [0, 0.05) is 22.1 Å². The highest BCUT2D eigenvalue weighted by molar-refractivity contribution is 6.28. The lowest BCUT2D eigenvalue weighted by atomic mass is 9.70. The van der Waals surface area contributed by atoms with Gasteiger partial charge in [0.2, 0.25) is 0 Å². The van der Waals surface area contributed by atoms with Crippen molar-refractivity contribution in [2.75, 3.05) is 0 Å². The molecule has 0 fully saturated rings. The minimum Gasteiger partial charge on any atom is -0.208 e. The van der Waals surface area contributed by atoms with Crippen molar-refractivity contribution in [3.63, 3.8) is 0 Å². The number of nitrogens with zero attached hydrogens (tertiary/aromatic N) is 3. The van der Waals surface area contributed by atoms with Gasteiger partial charge in [-0.3, -0.25) is 0 Å². The third kappa shape index (κ3) is 5.55. The average molecular weight is 850 g/mol. The van der Waals surface area contributed by atoms with Crippen molar-refractivity contribution < 1.29 is 0 Å². The number of hydrogen-bond acceptors (Lipinski definition) is 3. The molecule has 14 rings (SSSR count). The van der Waals surface area contributed by atoms with E-state index in [4.69, 9.17) is 15.0 Å². The maximum absolute atomic E-state index is 5.33. The van der Waals surface area contributed by atoms with Crippen LogP contribution in [0.1, 0.15) is 22.3 Å². The first kappa shape index (κ1) is 37.6. The van der Waals surface area contributed by atoms with Gasteiger partial charge in [0.25, 0.3) is 0 Å². The third-order valence-corrected chi connectivity index (χ3v) is 14.3. The van der Waals surface area contributed by atoms with Crippen molar-refractivity contribution in [2.24, 2.45) is 0 Å². The minimum absolute atomic E-state index is 0.408. The molecule has 1 heterocycles. The Kier molecular flexibility index (Phi) is 8.20. The van der Waals surface area contributed by atoms with E-state index in [2.05, 4.69) is 212 Å². The molecule has 0 N–H and O–H groups in total. The van der Waals surface area contributed by atoms with Gasteiger partial charge in [-0.05, 0) is 112 Å². The second-order valence-electron chi connectivity index (χ2n) is 17.8. The van der Waals surface area contributed by atoms with Crippen molar-refractivity contribution in [1.29, 1.82) is 0 Å². The van der Waals surface area contributed by atoms with Crippen LogP contribution in [0.3, 0.4) is 0 Å². The Morgan fingerprint density at radius 3 is 1.34 bits per heavy atom. The van der Waals surface area contributed by atoms with E-state index in [1.807, 2.05) is 24.3 Å². The summed E-state index contributed by atoms with van der Waals surface area (Å²) >= 11 is 0. The zero-order valence-corrected chi connectivity index (χ0v) is 36.4. The maximum atomic E-state index is 5.33. The van der Waals surface area contributed by atoms with Gasteiger partial charge in [0.15, 0.2) is 17.5 Å². The molecule has 3 nitrogen and oxygen atoms in total. The van der Waals surface area contributed by atoms with Crippen LogP contribution in [-0.2, 0) is 5.41 Å². The minimum atomic E-state index is -0.408. The van der Waals surface area contributed by atoms with E-state index in [9.17, 15) is 0 Å². The lowest BCUT2D eigenvalue weighted by Gasteiger charge is -2.30. The van der Waals surface area contributed by atoms with Gasteiger partial charge >= 0.3 is 0 Å². The topological polar surface area (TPSA) is 38.7 Å². The van der Waals surface area contributed by atoms with Crippen molar-refractivity contribution in [3.8, 4) is 78.7 Å². The van der Waals surface area contributed by atoms with Crippen molar-refractivity contribution >= 4 is 32.3 Å². The quantitative estimate of drug-likeness (QED) is 0.162. The molecule has 12 aromatic rings. The van der Waals surface area contributed by atoms with Gasteiger partial charge in [-0.15, -0.1) is 0 Å². The molecule has 67 heavy (non-hydrogen) atoms. The van der Waals surface area contributed by atoms with Gasteiger partial charge < -0.3 is 0 Å². The van der Waals surface area contributed by atoms with Crippen molar-refractivity contribution in [1.82, 2.24) is 15.0 Å². The largest absolute Gasteiger partial charge is 0.208 e. The molecule has 3 heteroatoms. The van der Waals surface area contributed by atoms with Crippen molar-refractivity contribution in [2.45, 2.75) is 5.41 Å². The molecule has 11 aromatic carbocycles. The summed E-state index contributed by atoms with van der Waals surface area (Å²) in [5.41, 5.74) is 17.7. The summed E-state index contributed by atoms with van der Waals surface area (Å²) in [6, 6.07) is 85.9. The Morgan fingerprint density at radius 2 is 0.657 bits per heavy atom. The van der Waals surface area contributed by atoms with Crippen molar-refractivity contribution in [3.05, 3.63) is 259 Å². The maximum Gasteiger partial charge on any atom is 0.164 e.